The highest BCUT2D eigenvalue weighted by molar-refractivity contribution is 5.50. The summed E-state index contributed by atoms with van der Waals surface area (Å²) >= 11 is 0. The van der Waals surface area contributed by atoms with E-state index >= 15 is 0 Å². The number of aryl methyl sites for hydroxylation is 1. The van der Waals surface area contributed by atoms with E-state index < -0.39 is 0 Å². The molecule has 2 nitrogen and oxygen atoms in total. The van der Waals surface area contributed by atoms with E-state index in [4.69, 9.17) is 9.47 Å². The van der Waals surface area contributed by atoms with Crippen LogP contribution < -0.4 is 9.47 Å². The summed E-state index contributed by atoms with van der Waals surface area (Å²) in [5.74, 6) is 0.928. The molecule has 1 aromatic carbocycles. The van der Waals surface area contributed by atoms with Gasteiger partial charge in [0, 0.05) is 5.56 Å². The van der Waals surface area contributed by atoms with Gasteiger partial charge in [-0.3, -0.25) is 0 Å². The Morgan fingerprint density at radius 2 is 1.93 bits per heavy atom. The summed E-state index contributed by atoms with van der Waals surface area (Å²) in [4.78, 5) is 0. The smallest absolute Gasteiger partial charge is 0.166 e. The van der Waals surface area contributed by atoms with Crippen molar-refractivity contribution in [2.75, 3.05) is 14.2 Å². The fourth-order valence-electron chi connectivity index (χ4n) is 1.66. The Kier molecular flexibility index (Phi) is 3.95. The largest absolute Gasteiger partial charge is 0.493 e. The van der Waals surface area contributed by atoms with Crippen molar-refractivity contribution >= 4 is 0 Å². The highest BCUT2D eigenvalue weighted by Gasteiger charge is 2.16. The third-order valence-corrected chi connectivity index (χ3v) is 2.38. The lowest BCUT2D eigenvalue weighted by atomic mass is 10.0. The van der Waals surface area contributed by atoms with Crippen molar-refractivity contribution in [3.05, 3.63) is 23.0 Å². The van der Waals surface area contributed by atoms with Crippen molar-refractivity contribution in [3.8, 4) is 11.5 Å². The number of hydrogen-bond acceptors (Lipinski definition) is 2. The normalized spacial score (nSPS) is 10.2. The van der Waals surface area contributed by atoms with E-state index in [1.165, 1.54) is 7.11 Å². The molecule has 0 bridgehead atoms. The lowest BCUT2D eigenvalue weighted by molar-refractivity contribution is 0.347. The van der Waals surface area contributed by atoms with E-state index in [-0.39, 0.29) is 5.82 Å². The molecule has 0 saturated heterocycles. The second kappa shape index (κ2) is 5.01. The Labute approximate surface area is 90.0 Å². The molecule has 1 aromatic rings. The first-order valence-corrected chi connectivity index (χ1v) is 5.05. The molecule has 0 aliphatic rings. The summed E-state index contributed by atoms with van der Waals surface area (Å²) in [5.41, 5.74) is 1.20. The third-order valence-electron chi connectivity index (χ3n) is 2.38. The molecule has 0 saturated carbocycles. The molecule has 15 heavy (non-hydrogen) atoms. The van der Waals surface area contributed by atoms with E-state index in [0.717, 1.165) is 6.42 Å². The summed E-state index contributed by atoms with van der Waals surface area (Å²) < 4.78 is 24.2. The minimum atomic E-state index is -0.186. The lowest BCUT2D eigenvalue weighted by Crippen LogP contribution is -2.01. The van der Waals surface area contributed by atoms with Crippen molar-refractivity contribution in [1.29, 1.82) is 0 Å². The Hall–Kier alpha value is -1.25. The van der Waals surface area contributed by atoms with Crippen LogP contribution in [0.3, 0.4) is 0 Å². The SMILES string of the molecule is CCCc1c(F)c(C)cc(OC)c1OC. The van der Waals surface area contributed by atoms with Crippen LogP contribution in [0.5, 0.6) is 11.5 Å². The fraction of sp³-hybridized carbons (Fsp3) is 0.500. The number of hydrogen-bond donors (Lipinski definition) is 0. The van der Waals surface area contributed by atoms with Crippen LogP contribution in [-0.2, 0) is 6.42 Å². The summed E-state index contributed by atoms with van der Waals surface area (Å²) in [5, 5.41) is 0. The maximum atomic E-state index is 13.8. The van der Waals surface area contributed by atoms with Gasteiger partial charge in [-0.25, -0.2) is 4.39 Å². The second-order valence-electron chi connectivity index (χ2n) is 3.47. The van der Waals surface area contributed by atoms with Crippen molar-refractivity contribution in [2.45, 2.75) is 26.7 Å². The van der Waals surface area contributed by atoms with Crippen LogP contribution >= 0.6 is 0 Å². The monoisotopic (exact) mass is 212 g/mol. The minimum absolute atomic E-state index is 0.186. The minimum Gasteiger partial charge on any atom is -0.493 e. The highest BCUT2D eigenvalue weighted by Crippen LogP contribution is 2.35. The van der Waals surface area contributed by atoms with Gasteiger partial charge in [-0.1, -0.05) is 13.3 Å². The predicted molar refractivity (Wildman–Crippen MR) is 58.2 cm³/mol. The van der Waals surface area contributed by atoms with Gasteiger partial charge in [0.05, 0.1) is 14.2 Å². The Morgan fingerprint density at radius 3 is 2.40 bits per heavy atom. The molecule has 0 radical (unpaired) electrons. The van der Waals surface area contributed by atoms with Crippen LogP contribution in [-0.4, -0.2) is 14.2 Å². The summed E-state index contributed by atoms with van der Waals surface area (Å²) in [7, 11) is 3.09. The molecule has 0 amide bonds. The fourth-order valence-corrected chi connectivity index (χ4v) is 1.66. The number of methoxy groups -OCH3 is 2. The Bertz CT molecular complexity index is 348. The second-order valence-corrected chi connectivity index (χ2v) is 3.47. The number of halogens is 1. The van der Waals surface area contributed by atoms with Crippen LogP contribution in [0.1, 0.15) is 24.5 Å². The molecule has 0 N–H and O–H groups in total. The van der Waals surface area contributed by atoms with Crippen molar-refractivity contribution in [2.24, 2.45) is 0 Å². The Morgan fingerprint density at radius 1 is 1.27 bits per heavy atom. The van der Waals surface area contributed by atoms with E-state index in [1.54, 1.807) is 20.1 Å². The molecule has 0 aliphatic heterocycles. The quantitative estimate of drug-likeness (QED) is 0.763. The number of ether oxygens (including phenoxy) is 2. The zero-order valence-corrected chi connectivity index (χ0v) is 9.69. The molecule has 0 spiro atoms. The van der Waals surface area contributed by atoms with E-state index in [0.29, 0.717) is 29.0 Å². The molecule has 0 aliphatic carbocycles. The van der Waals surface area contributed by atoms with Gasteiger partial charge in [-0.15, -0.1) is 0 Å². The van der Waals surface area contributed by atoms with Crippen molar-refractivity contribution in [1.82, 2.24) is 0 Å². The third kappa shape index (κ3) is 2.22. The van der Waals surface area contributed by atoms with Crippen LogP contribution in [0.2, 0.25) is 0 Å². The maximum Gasteiger partial charge on any atom is 0.166 e. The van der Waals surface area contributed by atoms with Crippen LogP contribution in [0, 0.1) is 12.7 Å². The molecule has 0 aromatic heterocycles. The molecule has 0 fully saturated rings. The van der Waals surface area contributed by atoms with Crippen LogP contribution in [0.4, 0.5) is 4.39 Å². The molecule has 0 atom stereocenters. The lowest BCUT2D eigenvalue weighted by Gasteiger charge is -2.14. The molecule has 0 heterocycles. The van der Waals surface area contributed by atoms with E-state index in [9.17, 15) is 4.39 Å². The number of benzene rings is 1. The average molecular weight is 212 g/mol. The topological polar surface area (TPSA) is 18.5 Å². The first-order chi connectivity index (χ1) is 7.15. The summed E-state index contributed by atoms with van der Waals surface area (Å²) in [6.45, 7) is 3.74. The zero-order chi connectivity index (χ0) is 11.4. The zero-order valence-electron chi connectivity index (χ0n) is 9.69. The van der Waals surface area contributed by atoms with Crippen molar-refractivity contribution < 1.29 is 13.9 Å². The molecule has 84 valence electrons. The molecule has 3 heteroatoms. The Balaban J connectivity index is 3.35. The van der Waals surface area contributed by atoms with Gasteiger partial charge in [-0.2, -0.15) is 0 Å². The van der Waals surface area contributed by atoms with Gasteiger partial charge in [0.15, 0.2) is 11.5 Å². The van der Waals surface area contributed by atoms with Gasteiger partial charge in [0.2, 0.25) is 0 Å². The van der Waals surface area contributed by atoms with Gasteiger partial charge in [-0.05, 0) is 25.0 Å². The standard InChI is InChI=1S/C12H17FO2/c1-5-6-9-11(13)8(2)7-10(14-3)12(9)15-4/h7H,5-6H2,1-4H3. The summed E-state index contributed by atoms with van der Waals surface area (Å²) in [6.07, 6.45) is 1.53. The van der Waals surface area contributed by atoms with Gasteiger partial charge in [0.1, 0.15) is 5.82 Å². The van der Waals surface area contributed by atoms with Gasteiger partial charge < -0.3 is 9.47 Å². The van der Waals surface area contributed by atoms with Crippen molar-refractivity contribution in [3.63, 3.8) is 0 Å². The first kappa shape index (κ1) is 11.8. The maximum absolute atomic E-state index is 13.8. The van der Waals surface area contributed by atoms with Gasteiger partial charge in [0.25, 0.3) is 0 Å². The highest BCUT2D eigenvalue weighted by atomic mass is 19.1. The molecule has 1 rings (SSSR count). The molecular weight excluding hydrogens is 195 g/mol. The predicted octanol–water partition coefficient (Wildman–Crippen LogP) is 3.10. The molecular formula is C12H17FO2. The molecule has 0 unspecified atom stereocenters. The van der Waals surface area contributed by atoms with E-state index in [2.05, 4.69) is 0 Å². The van der Waals surface area contributed by atoms with Crippen LogP contribution in [0.25, 0.3) is 0 Å². The van der Waals surface area contributed by atoms with Gasteiger partial charge >= 0.3 is 0 Å². The van der Waals surface area contributed by atoms with Crippen LogP contribution in [0.15, 0.2) is 6.07 Å². The summed E-state index contributed by atoms with van der Waals surface area (Å²) in [6, 6.07) is 1.66. The number of rotatable bonds is 4. The first-order valence-electron chi connectivity index (χ1n) is 5.05. The van der Waals surface area contributed by atoms with E-state index in [1.807, 2.05) is 6.92 Å². The average Bonchev–Trinajstić information content (AvgIpc) is 2.24.